The van der Waals surface area contributed by atoms with Gasteiger partial charge in [-0.05, 0) is 33.6 Å². The molecule has 0 aliphatic heterocycles. The summed E-state index contributed by atoms with van der Waals surface area (Å²) >= 11 is 0. The maximum absolute atomic E-state index is 11.6. The van der Waals surface area contributed by atoms with Gasteiger partial charge in [0.2, 0.25) is 0 Å². The zero-order valence-electron chi connectivity index (χ0n) is 10.3. The predicted octanol–water partition coefficient (Wildman–Crippen LogP) is 2.41. The first-order valence-electron chi connectivity index (χ1n) is 5.84. The Morgan fingerprint density at radius 2 is 1.81 bits per heavy atom. The molecular weight excluding hydrogens is 206 g/mol. The summed E-state index contributed by atoms with van der Waals surface area (Å²) in [6.07, 6.45) is 4.89. The fourth-order valence-corrected chi connectivity index (χ4v) is 1.96. The van der Waals surface area contributed by atoms with Crippen LogP contribution in [0.2, 0.25) is 0 Å². The third-order valence-corrected chi connectivity index (χ3v) is 2.72. The summed E-state index contributed by atoms with van der Waals surface area (Å²) in [5.74, 6) is 0. The van der Waals surface area contributed by atoms with Crippen molar-refractivity contribution in [3.05, 3.63) is 0 Å². The zero-order valence-corrected chi connectivity index (χ0v) is 10.3. The second kappa shape index (κ2) is 4.85. The molecule has 0 aromatic rings. The molecular formula is C12H21NO3. The van der Waals surface area contributed by atoms with Gasteiger partial charge >= 0.3 is 6.09 Å². The van der Waals surface area contributed by atoms with Crippen molar-refractivity contribution in [2.24, 2.45) is 0 Å². The summed E-state index contributed by atoms with van der Waals surface area (Å²) in [5.41, 5.74) is -1.22. The van der Waals surface area contributed by atoms with E-state index in [1.54, 1.807) is 20.8 Å². The van der Waals surface area contributed by atoms with Gasteiger partial charge in [-0.3, -0.25) is 0 Å². The molecule has 0 bridgehead atoms. The normalized spacial score (nSPS) is 19.9. The minimum atomic E-state index is -0.694. The van der Waals surface area contributed by atoms with E-state index in [4.69, 9.17) is 4.74 Å². The van der Waals surface area contributed by atoms with Gasteiger partial charge in [0, 0.05) is 0 Å². The molecule has 1 fully saturated rings. The van der Waals surface area contributed by atoms with Gasteiger partial charge < -0.3 is 14.8 Å². The number of hydrogen-bond donors (Lipinski definition) is 1. The molecule has 0 atom stereocenters. The molecule has 0 aromatic carbocycles. The van der Waals surface area contributed by atoms with E-state index in [0.29, 0.717) is 0 Å². The van der Waals surface area contributed by atoms with E-state index in [0.717, 1.165) is 38.4 Å². The van der Waals surface area contributed by atoms with Crippen molar-refractivity contribution in [1.82, 2.24) is 5.32 Å². The number of alkyl carbamates (subject to hydrolysis) is 1. The van der Waals surface area contributed by atoms with Crippen LogP contribution in [0.4, 0.5) is 4.79 Å². The average molecular weight is 227 g/mol. The van der Waals surface area contributed by atoms with E-state index in [2.05, 4.69) is 5.32 Å². The maximum atomic E-state index is 11.6. The second-order valence-electron chi connectivity index (χ2n) is 5.46. The largest absolute Gasteiger partial charge is 0.444 e. The summed E-state index contributed by atoms with van der Waals surface area (Å²) in [6.45, 7) is 5.42. The van der Waals surface area contributed by atoms with Crippen LogP contribution in [0.3, 0.4) is 0 Å². The monoisotopic (exact) mass is 227 g/mol. The van der Waals surface area contributed by atoms with Gasteiger partial charge in [-0.1, -0.05) is 19.3 Å². The molecule has 0 saturated heterocycles. The van der Waals surface area contributed by atoms with Crippen LogP contribution >= 0.6 is 0 Å². The Labute approximate surface area is 96.7 Å². The van der Waals surface area contributed by atoms with Gasteiger partial charge in [-0.25, -0.2) is 4.79 Å². The third-order valence-electron chi connectivity index (χ3n) is 2.72. The topological polar surface area (TPSA) is 55.4 Å². The second-order valence-corrected chi connectivity index (χ2v) is 5.46. The molecule has 4 heteroatoms. The van der Waals surface area contributed by atoms with Crippen molar-refractivity contribution in [2.45, 2.75) is 64.0 Å². The summed E-state index contributed by atoms with van der Waals surface area (Å²) in [5, 5.41) is 2.71. The van der Waals surface area contributed by atoms with Crippen LogP contribution in [-0.2, 0) is 9.53 Å². The van der Waals surface area contributed by atoms with E-state index < -0.39 is 17.2 Å². The lowest BCUT2D eigenvalue weighted by molar-refractivity contribution is -0.114. The maximum Gasteiger partial charge on any atom is 0.408 e. The standard InChI is InChI=1S/C12H21NO3/c1-11(2,3)16-10(15)13-12(9-14)7-5-4-6-8-12/h9H,4-8H2,1-3H3,(H,13,15). The van der Waals surface area contributed by atoms with Crippen LogP contribution < -0.4 is 5.32 Å². The molecule has 4 nitrogen and oxygen atoms in total. The van der Waals surface area contributed by atoms with Crippen molar-refractivity contribution in [2.75, 3.05) is 0 Å². The molecule has 16 heavy (non-hydrogen) atoms. The Balaban J connectivity index is 2.56. The van der Waals surface area contributed by atoms with Crippen LogP contribution in [0.5, 0.6) is 0 Å². The third kappa shape index (κ3) is 3.83. The molecule has 0 aromatic heterocycles. The Morgan fingerprint density at radius 3 is 2.25 bits per heavy atom. The van der Waals surface area contributed by atoms with E-state index >= 15 is 0 Å². The van der Waals surface area contributed by atoms with Crippen LogP contribution in [-0.4, -0.2) is 23.5 Å². The van der Waals surface area contributed by atoms with Crippen molar-refractivity contribution in [1.29, 1.82) is 0 Å². The number of rotatable bonds is 2. The van der Waals surface area contributed by atoms with Crippen molar-refractivity contribution >= 4 is 12.4 Å². The Bertz CT molecular complexity index is 262. The van der Waals surface area contributed by atoms with Gasteiger partial charge in [0.05, 0.1) is 5.54 Å². The zero-order chi connectivity index (χ0) is 12.2. The quantitative estimate of drug-likeness (QED) is 0.737. The summed E-state index contributed by atoms with van der Waals surface area (Å²) in [7, 11) is 0. The van der Waals surface area contributed by atoms with Gasteiger partial charge in [-0.15, -0.1) is 0 Å². The predicted molar refractivity (Wildman–Crippen MR) is 61.2 cm³/mol. The average Bonchev–Trinajstić information content (AvgIpc) is 2.16. The SMILES string of the molecule is CC(C)(C)OC(=O)NC1(C=O)CCCCC1. The van der Waals surface area contributed by atoms with Crippen LogP contribution in [0.15, 0.2) is 0 Å². The molecule has 1 N–H and O–H groups in total. The molecule has 0 unspecified atom stereocenters. The van der Waals surface area contributed by atoms with Crippen LogP contribution in [0, 0.1) is 0 Å². The minimum absolute atomic E-state index is 0.499. The number of hydrogen-bond acceptors (Lipinski definition) is 3. The Morgan fingerprint density at radius 1 is 1.25 bits per heavy atom. The van der Waals surface area contributed by atoms with Crippen LogP contribution in [0.25, 0.3) is 0 Å². The van der Waals surface area contributed by atoms with Gasteiger partial charge in [0.15, 0.2) is 0 Å². The van der Waals surface area contributed by atoms with E-state index in [9.17, 15) is 9.59 Å². The first-order chi connectivity index (χ1) is 7.37. The first-order valence-corrected chi connectivity index (χ1v) is 5.84. The molecule has 1 saturated carbocycles. The number of nitrogens with one attached hydrogen (secondary N) is 1. The molecule has 1 aliphatic rings. The highest BCUT2D eigenvalue weighted by molar-refractivity contribution is 5.76. The highest BCUT2D eigenvalue weighted by Crippen LogP contribution is 2.26. The van der Waals surface area contributed by atoms with E-state index in [1.807, 2.05) is 0 Å². The summed E-state index contributed by atoms with van der Waals surface area (Å²) < 4.78 is 5.16. The number of carbonyl (C=O) groups is 2. The fourth-order valence-electron chi connectivity index (χ4n) is 1.96. The highest BCUT2D eigenvalue weighted by atomic mass is 16.6. The molecule has 0 radical (unpaired) electrons. The minimum Gasteiger partial charge on any atom is -0.444 e. The summed E-state index contributed by atoms with van der Waals surface area (Å²) in [6, 6.07) is 0. The first kappa shape index (κ1) is 13.0. The number of ether oxygens (including phenoxy) is 1. The summed E-state index contributed by atoms with van der Waals surface area (Å²) in [4.78, 5) is 22.7. The van der Waals surface area contributed by atoms with Gasteiger partial charge in [0.1, 0.15) is 11.9 Å². The van der Waals surface area contributed by atoms with Crippen LogP contribution in [0.1, 0.15) is 52.9 Å². The fraction of sp³-hybridized carbons (Fsp3) is 0.833. The van der Waals surface area contributed by atoms with Gasteiger partial charge in [-0.2, -0.15) is 0 Å². The number of carbonyl (C=O) groups excluding carboxylic acids is 2. The molecule has 92 valence electrons. The molecule has 1 rings (SSSR count). The lowest BCUT2D eigenvalue weighted by Crippen LogP contribution is -2.52. The van der Waals surface area contributed by atoms with E-state index in [-0.39, 0.29) is 0 Å². The molecule has 1 amide bonds. The Hall–Kier alpha value is -1.06. The number of amides is 1. The van der Waals surface area contributed by atoms with Crippen molar-refractivity contribution in [3.8, 4) is 0 Å². The van der Waals surface area contributed by atoms with Gasteiger partial charge in [0.25, 0.3) is 0 Å². The van der Waals surface area contributed by atoms with E-state index in [1.165, 1.54) is 0 Å². The lowest BCUT2D eigenvalue weighted by Gasteiger charge is -2.33. The number of aldehydes is 1. The molecule has 0 spiro atoms. The highest BCUT2D eigenvalue weighted by Gasteiger charge is 2.34. The lowest BCUT2D eigenvalue weighted by atomic mass is 9.83. The Kier molecular flexibility index (Phi) is 3.94. The van der Waals surface area contributed by atoms with Crippen molar-refractivity contribution < 1.29 is 14.3 Å². The molecule has 1 aliphatic carbocycles. The molecule has 0 heterocycles. The van der Waals surface area contributed by atoms with Crippen molar-refractivity contribution in [3.63, 3.8) is 0 Å². The smallest absolute Gasteiger partial charge is 0.408 e.